The molecule has 132 valence electrons. The van der Waals surface area contributed by atoms with Gasteiger partial charge in [0, 0.05) is 4.32 Å². The number of nitrogens with one attached hydrogen (secondary N) is 1. The van der Waals surface area contributed by atoms with Crippen molar-refractivity contribution >= 4 is 44.1 Å². The van der Waals surface area contributed by atoms with E-state index in [9.17, 15) is 9.59 Å². The van der Waals surface area contributed by atoms with Crippen LogP contribution in [0.2, 0.25) is 0 Å². The smallest absolute Gasteiger partial charge is 0.312 e. The van der Waals surface area contributed by atoms with Gasteiger partial charge in [0.1, 0.15) is 11.1 Å². The molecule has 4 aliphatic rings. The third-order valence-electron chi connectivity index (χ3n) is 5.80. The van der Waals surface area contributed by atoms with Crippen LogP contribution >= 0.6 is 27.3 Å². The number of hydrogen-bond donors (Lipinski definition) is 1. The van der Waals surface area contributed by atoms with E-state index < -0.39 is 11.3 Å². The van der Waals surface area contributed by atoms with Crippen molar-refractivity contribution in [3.8, 4) is 6.07 Å². The maximum atomic E-state index is 12.8. The number of esters is 1. The van der Waals surface area contributed by atoms with Crippen LogP contribution in [0.3, 0.4) is 0 Å². The van der Waals surface area contributed by atoms with Crippen molar-refractivity contribution in [2.24, 2.45) is 17.3 Å². The molecule has 25 heavy (non-hydrogen) atoms. The molecule has 1 heterocycles. The van der Waals surface area contributed by atoms with E-state index >= 15 is 0 Å². The molecular weight excluding hydrogens is 404 g/mol. The molecule has 1 aromatic rings. The van der Waals surface area contributed by atoms with E-state index in [4.69, 9.17) is 10.00 Å². The molecule has 4 atom stereocenters. The average Bonchev–Trinajstić information content (AvgIpc) is 2.97. The highest BCUT2D eigenvalue weighted by atomic mass is 79.9. The standard InChI is InChI=1S/C18H19BrN2O3S/c19-18-6-11-3-12(7-18)5-17(4-11,10-18)16(23)24-9-14(22)21-15-13(8-20)1-2-25-15/h1-2,11-12H,3-7,9-10H2,(H,21,22)/t11-,12+,17?,18?. The molecule has 4 aliphatic carbocycles. The molecule has 2 unspecified atom stereocenters. The van der Waals surface area contributed by atoms with E-state index in [2.05, 4.69) is 21.2 Å². The van der Waals surface area contributed by atoms with Crippen molar-refractivity contribution in [2.45, 2.75) is 42.8 Å². The molecule has 7 heteroatoms. The first-order chi connectivity index (χ1) is 11.9. The summed E-state index contributed by atoms with van der Waals surface area (Å²) in [5, 5.41) is 13.9. The summed E-state index contributed by atoms with van der Waals surface area (Å²) < 4.78 is 5.49. The Balaban J connectivity index is 1.38. The Morgan fingerprint density at radius 2 is 2.08 bits per heavy atom. The normalized spacial score (nSPS) is 35.2. The van der Waals surface area contributed by atoms with E-state index in [1.165, 1.54) is 17.8 Å². The van der Waals surface area contributed by atoms with Crippen LogP contribution in [0.5, 0.6) is 0 Å². The molecule has 1 N–H and O–H groups in total. The fourth-order valence-corrected chi connectivity index (χ4v) is 7.54. The number of halogens is 1. The molecule has 4 saturated carbocycles. The molecule has 0 spiro atoms. The second-order valence-corrected chi connectivity index (χ2v) is 10.4. The number of carbonyl (C=O) groups is 2. The summed E-state index contributed by atoms with van der Waals surface area (Å²) in [4.78, 5) is 24.9. The first-order valence-electron chi connectivity index (χ1n) is 8.55. The Labute approximate surface area is 158 Å². The Kier molecular flexibility index (Phi) is 4.16. The summed E-state index contributed by atoms with van der Waals surface area (Å²) in [6.07, 6.45) is 6.11. The van der Waals surface area contributed by atoms with Crippen molar-refractivity contribution in [3.63, 3.8) is 0 Å². The number of hydrogen-bond acceptors (Lipinski definition) is 5. The minimum Gasteiger partial charge on any atom is -0.455 e. The predicted octanol–water partition coefficient (Wildman–Crippen LogP) is 3.84. The van der Waals surface area contributed by atoms with E-state index in [1.54, 1.807) is 11.4 Å². The maximum absolute atomic E-state index is 12.8. The minimum atomic E-state index is -0.422. The Bertz CT molecular complexity index is 755. The number of nitriles is 1. The van der Waals surface area contributed by atoms with Crippen molar-refractivity contribution in [1.82, 2.24) is 0 Å². The van der Waals surface area contributed by atoms with Gasteiger partial charge in [-0.05, 0) is 61.8 Å². The highest BCUT2D eigenvalue weighted by Crippen LogP contribution is 2.64. The van der Waals surface area contributed by atoms with Crippen LogP contribution in [-0.2, 0) is 14.3 Å². The van der Waals surface area contributed by atoms with Gasteiger partial charge in [-0.1, -0.05) is 15.9 Å². The van der Waals surface area contributed by atoms with Gasteiger partial charge in [-0.25, -0.2) is 0 Å². The SMILES string of the molecule is N#Cc1ccsc1NC(=O)COC(=O)C12C[C@@H]3C[C@@H](CC(Br)(C3)C1)C2. The molecule has 1 amide bonds. The molecule has 5 nitrogen and oxygen atoms in total. The summed E-state index contributed by atoms with van der Waals surface area (Å²) in [6.45, 7) is -0.298. The Morgan fingerprint density at radius 1 is 1.36 bits per heavy atom. The number of rotatable bonds is 4. The lowest BCUT2D eigenvalue weighted by atomic mass is 9.49. The van der Waals surface area contributed by atoms with Gasteiger partial charge < -0.3 is 10.1 Å². The summed E-state index contributed by atoms with van der Waals surface area (Å²) in [5.41, 5.74) is 0.00113. The number of thiophene rings is 1. The van der Waals surface area contributed by atoms with Crippen molar-refractivity contribution in [2.75, 3.05) is 11.9 Å². The first-order valence-corrected chi connectivity index (χ1v) is 10.2. The van der Waals surface area contributed by atoms with Crippen LogP contribution in [-0.4, -0.2) is 22.8 Å². The molecule has 0 aliphatic heterocycles. The van der Waals surface area contributed by atoms with Gasteiger partial charge in [0.15, 0.2) is 6.61 Å². The quantitative estimate of drug-likeness (QED) is 0.590. The van der Waals surface area contributed by atoms with E-state index in [1.807, 2.05) is 6.07 Å². The number of alkyl halides is 1. The van der Waals surface area contributed by atoms with Gasteiger partial charge >= 0.3 is 5.97 Å². The second kappa shape index (κ2) is 6.10. The van der Waals surface area contributed by atoms with Gasteiger partial charge in [-0.2, -0.15) is 5.26 Å². The lowest BCUT2D eigenvalue weighted by molar-refractivity contribution is -0.170. The average molecular weight is 423 g/mol. The van der Waals surface area contributed by atoms with Crippen LogP contribution in [0.1, 0.15) is 44.1 Å². The zero-order valence-electron chi connectivity index (χ0n) is 13.7. The molecular formula is C18H19BrN2O3S. The van der Waals surface area contributed by atoms with Crippen molar-refractivity contribution in [3.05, 3.63) is 17.0 Å². The zero-order valence-corrected chi connectivity index (χ0v) is 16.1. The van der Waals surface area contributed by atoms with Crippen LogP contribution in [0.4, 0.5) is 5.00 Å². The molecule has 4 bridgehead atoms. The van der Waals surface area contributed by atoms with Gasteiger partial charge in [0.05, 0.1) is 11.0 Å². The maximum Gasteiger partial charge on any atom is 0.312 e. The third-order valence-corrected chi connectivity index (χ3v) is 7.55. The third kappa shape index (κ3) is 3.11. The van der Waals surface area contributed by atoms with Crippen LogP contribution in [0, 0.1) is 28.6 Å². The highest BCUT2D eigenvalue weighted by molar-refractivity contribution is 9.10. The molecule has 4 fully saturated rings. The molecule has 0 aromatic carbocycles. The zero-order chi connectivity index (χ0) is 17.7. The van der Waals surface area contributed by atoms with Gasteiger partial charge in [0.2, 0.25) is 0 Å². The largest absolute Gasteiger partial charge is 0.455 e. The van der Waals surface area contributed by atoms with Crippen LogP contribution in [0.15, 0.2) is 11.4 Å². The monoisotopic (exact) mass is 422 g/mol. The first kappa shape index (κ1) is 17.0. The highest BCUT2D eigenvalue weighted by Gasteiger charge is 2.60. The van der Waals surface area contributed by atoms with E-state index in [-0.39, 0.29) is 16.9 Å². The van der Waals surface area contributed by atoms with Gasteiger partial charge in [-0.15, -0.1) is 11.3 Å². The number of anilines is 1. The predicted molar refractivity (Wildman–Crippen MR) is 97.4 cm³/mol. The van der Waals surface area contributed by atoms with Crippen molar-refractivity contribution in [1.29, 1.82) is 5.26 Å². The fraction of sp³-hybridized carbons (Fsp3) is 0.611. The number of nitrogens with zero attached hydrogens (tertiary/aromatic N) is 1. The second-order valence-electron chi connectivity index (χ2n) is 7.79. The van der Waals surface area contributed by atoms with E-state index in [0.29, 0.717) is 22.4 Å². The van der Waals surface area contributed by atoms with Crippen LogP contribution < -0.4 is 5.32 Å². The van der Waals surface area contributed by atoms with Crippen molar-refractivity contribution < 1.29 is 14.3 Å². The molecule has 0 saturated heterocycles. The molecule has 5 rings (SSSR count). The summed E-state index contributed by atoms with van der Waals surface area (Å²) in [7, 11) is 0. The fourth-order valence-electron chi connectivity index (χ4n) is 5.33. The molecule has 0 radical (unpaired) electrons. The topological polar surface area (TPSA) is 79.2 Å². The van der Waals surface area contributed by atoms with E-state index in [0.717, 1.165) is 32.1 Å². The van der Waals surface area contributed by atoms with Gasteiger partial charge in [0.25, 0.3) is 5.91 Å². The van der Waals surface area contributed by atoms with Crippen LogP contribution in [0.25, 0.3) is 0 Å². The number of ether oxygens (including phenoxy) is 1. The molecule has 1 aromatic heterocycles. The Hall–Kier alpha value is -1.39. The number of amides is 1. The Morgan fingerprint density at radius 3 is 2.72 bits per heavy atom. The summed E-state index contributed by atoms with van der Waals surface area (Å²) in [6, 6.07) is 3.67. The number of carbonyl (C=O) groups excluding carboxylic acids is 2. The summed E-state index contributed by atoms with van der Waals surface area (Å²) in [5.74, 6) is 0.551. The summed E-state index contributed by atoms with van der Waals surface area (Å²) >= 11 is 5.16. The lowest BCUT2D eigenvalue weighted by Gasteiger charge is -2.58. The minimum absolute atomic E-state index is 0.0804. The van der Waals surface area contributed by atoms with Gasteiger partial charge in [-0.3, -0.25) is 9.59 Å². The lowest BCUT2D eigenvalue weighted by Crippen LogP contribution is -2.56.